The fraction of sp³-hybridized carbons (Fsp3) is 0.400. The van der Waals surface area contributed by atoms with Crippen LogP contribution in [0.2, 0.25) is 5.02 Å². The molecule has 5 heteroatoms. The van der Waals surface area contributed by atoms with E-state index in [9.17, 15) is 5.11 Å². The van der Waals surface area contributed by atoms with Gasteiger partial charge in [-0.15, -0.1) is 0 Å². The van der Waals surface area contributed by atoms with E-state index in [1.807, 2.05) is 42.8 Å². The zero-order valence-electron chi connectivity index (χ0n) is 11.7. The maximum atomic E-state index is 10.3. The molecule has 0 saturated heterocycles. The van der Waals surface area contributed by atoms with Gasteiger partial charge in [-0.25, -0.2) is 4.98 Å². The molecule has 1 N–H and O–H groups in total. The Balaban J connectivity index is 2.15. The van der Waals surface area contributed by atoms with Crippen molar-refractivity contribution in [3.8, 4) is 0 Å². The number of aromatic nitrogens is 2. The van der Waals surface area contributed by atoms with E-state index in [2.05, 4.69) is 4.98 Å². The molecule has 0 fully saturated rings. The third-order valence-electron chi connectivity index (χ3n) is 3.16. The molecular weight excluding hydrogens is 276 g/mol. The minimum Gasteiger partial charge on any atom is -0.386 e. The van der Waals surface area contributed by atoms with Gasteiger partial charge in [0.25, 0.3) is 0 Å². The Kier molecular flexibility index (Phi) is 5.17. The van der Waals surface area contributed by atoms with Crippen molar-refractivity contribution in [2.75, 3.05) is 6.61 Å². The number of benzene rings is 1. The van der Waals surface area contributed by atoms with Crippen molar-refractivity contribution in [1.82, 2.24) is 9.55 Å². The lowest BCUT2D eigenvalue weighted by atomic mass is 10.1. The molecule has 2 rings (SSSR count). The first-order valence-corrected chi connectivity index (χ1v) is 7.06. The number of aliphatic hydroxyl groups excluding tert-OH is 1. The molecule has 0 bridgehead atoms. The lowest BCUT2D eigenvalue weighted by Crippen LogP contribution is -2.14. The van der Waals surface area contributed by atoms with E-state index in [0.717, 1.165) is 11.4 Å². The summed E-state index contributed by atoms with van der Waals surface area (Å²) in [4.78, 5) is 4.30. The predicted molar refractivity (Wildman–Crippen MR) is 78.7 cm³/mol. The van der Waals surface area contributed by atoms with Crippen LogP contribution in [0.5, 0.6) is 0 Å². The van der Waals surface area contributed by atoms with Crippen molar-refractivity contribution in [2.45, 2.75) is 32.6 Å². The standard InChI is InChI=1S/C15H19ClN2O2/c1-3-20-11(2)15-17-8-9-18(15)10-14(19)12-6-4-5-7-13(12)16/h4-9,11,14,19H,3,10H2,1-2H3. The maximum Gasteiger partial charge on any atom is 0.137 e. The Bertz CT molecular complexity index is 556. The van der Waals surface area contributed by atoms with E-state index in [1.54, 1.807) is 12.3 Å². The molecule has 1 aromatic heterocycles. The van der Waals surface area contributed by atoms with Crippen LogP contribution in [0.4, 0.5) is 0 Å². The van der Waals surface area contributed by atoms with E-state index < -0.39 is 6.10 Å². The number of nitrogens with zero attached hydrogens (tertiary/aromatic N) is 2. The Labute approximate surface area is 124 Å². The molecule has 0 spiro atoms. The van der Waals surface area contributed by atoms with Crippen LogP contribution < -0.4 is 0 Å². The number of hydrogen-bond acceptors (Lipinski definition) is 3. The Morgan fingerprint density at radius 3 is 2.85 bits per heavy atom. The summed E-state index contributed by atoms with van der Waals surface area (Å²) in [5.41, 5.74) is 0.720. The number of aliphatic hydroxyl groups is 1. The molecule has 4 nitrogen and oxygen atoms in total. The Morgan fingerprint density at radius 1 is 1.40 bits per heavy atom. The molecule has 0 aliphatic rings. The molecule has 20 heavy (non-hydrogen) atoms. The number of imidazole rings is 1. The van der Waals surface area contributed by atoms with E-state index in [0.29, 0.717) is 18.2 Å². The van der Waals surface area contributed by atoms with Crippen LogP contribution in [0.3, 0.4) is 0 Å². The van der Waals surface area contributed by atoms with Gasteiger partial charge in [-0.1, -0.05) is 29.8 Å². The van der Waals surface area contributed by atoms with Crippen molar-refractivity contribution in [1.29, 1.82) is 0 Å². The van der Waals surface area contributed by atoms with Crippen LogP contribution in [0.25, 0.3) is 0 Å². The maximum absolute atomic E-state index is 10.3. The molecule has 2 aromatic rings. The summed E-state index contributed by atoms with van der Waals surface area (Å²) in [7, 11) is 0. The zero-order valence-corrected chi connectivity index (χ0v) is 12.4. The highest BCUT2D eigenvalue weighted by Crippen LogP contribution is 2.25. The molecule has 0 radical (unpaired) electrons. The Hall–Kier alpha value is -1.36. The first-order chi connectivity index (χ1) is 9.63. The minimum absolute atomic E-state index is 0.103. The number of hydrogen-bond donors (Lipinski definition) is 1. The molecular formula is C15H19ClN2O2. The van der Waals surface area contributed by atoms with Gasteiger partial charge in [0.15, 0.2) is 0 Å². The van der Waals surface area contributed by atoms with Crippen LogP contribution in [-0.4, -0.2) is 21.3 Å². The van der Waals surface area contributed by atoms with Gasteiger partial charge in [-0.2, -0.15) is 0 Å². The second kappa shape index (κ2) is 6.88. The van der Waals surface area contributed by atoms with E-state index in [1.165, 1.54) is 0 Å². The number of ether oxygens (including phenoxy) is 1. The first kappa shape index (κ1) is 15.0. The smallest absolute Gasteiger partial charge is 0.137 e. The highest BCUT2D eigenvalue weighted by molar-refractivity contribution is 6.31. The highest BCUT2D eigenvalue weighted by Gasteiger charge is 2.16. The average molecular weight is 295 g/mol. The second-order valence-corrected chi connectivity index (χ2v) is 4.98. The van der Waals surface area contributed by atoms with E-state index in [-0.39, 0.29) is 6.10 Å². The average Bonchev–Trinajstić information content (AvgIpc) is 2.87. The van der Waals surface area contributed by atoms with Crippen LogP contribution in [0.1, 0.15) is 37.4 Å². The van der Waals surface area contributed by atoms with Gasteiger partial charge < -0.3 is 14.4 Å². The molecule has 1 heterocycles. The summed E-state index contributed by atoms with van der Waals surface area (Å²) in [5.74, 6) is 0.804. The minimum atomic E-state index is -0.675. The third kappa shape index (κ3) is 3.39. The Morgan fingerprint density at radius 2 is 2.15 bits per heavy atom. The van der Waals surface area contributed by atoms with Crippen LogP contribution in [0, 0.1) is 0 Å². The summed E-state index contributed by atoms with van der Waals surface area (Å²) >= 11 is 6.10. The van der Waals surface area contributed by atoms with Crippen LogP contribution in [-0.2, 0) is 11.3 Å². The fourth-order valence-electron chi connectivity index (χ4n) is 2.19. The molecule has 0 amide bonds. The van der Waals surface area contributed by atoms with Crippen LogP contribution >= 0.6 is 11.6 Å². The molecule has 0 aliphatic heterocycles. The van der Waals surface area contributed by atoms with E-state index in [4.69, 9.17) is 16.3 Å². The van der Waals surface area contributed by atoms with Gasteiger partial charge >= 0.3 is 0 Å². The lowest BCUT2D eigenvalue weighted by molar-refractivity contribution is 0.0644. The molecule has 0 aliphatic carbocycles. The number of halogens is 1. The summed E-state index contributed by atoms with van der Waals surface area (Å²) in [5, 5.41) is 10.9. The number of rotatable bonds is 6. The van der Waals surface area contributed by atoms with Crippen LogP contribution in [0.15, 0.2) is 36.7 Å². The molecule has 2 unspecified atom stereocenters. The van der Waals surface area contributed by atoms with Gasteiger partial charge in [-0.3, -0.25) is 0 Å². The molecule has 2 atom stereocenters. The van der Waals surface area contributed by atoms with Gasteiger partial charge in [0.2, 0.25) is 0 Å². The lowest BCUT2D eigenvalue weighted by Gasteiger charge is -2.18. The zero-order chi connectivity index (χ0) is 14.5. The van der Waals surface area contributed by atoms with Gasteiger partial charge in [0.05, 0.1) is 12.6 Å². The van der Waals surface area contributed by atoms with Gasteiger partial charge in [-0.05, 0) is 19.9 Å². The summed E-state index contributed by atoms with van der Waals surface area (Å²) in [6.45, 7) is 4.92. The first-order valence-electron chi connectivity index (χ1n) is 6.68. The largest absolute Gasteiger partial charge is 0.386 e. The molecule has 1 aromatic carbocycles. The SMILES string of the molecule is CCOC(C)c1nccn1CC(O)c1ccccc1Cl. The third-order valence-corrected chi connectivity index (χ3v) is 3.51. The highest BCUT2D eigenvalue weighted by atomic mass is 35.5. The molecule has 108 valence electrons. The molecule has 0 saturated carbocycles. The van der Waals surface area contributed by atoms with Crippen molar-refractivity contribution in [2.24, 2.45) is 0 Å². The van der Waals surface area contributed by atoms with Gasteiger partial charge in [0, 0.05) is 29.6 Å². The predicted octanol–water partition coefficient (Wildman–Crippen LogP) is 3.37. The summed E-state index contributed by atoms with van der Waals surface area (Å²) in [6, 6.07) is 7.31. The topological polar surface area (TPSA) is 47.3 Å². The summed E-state index contributed by atoms with van der Waals surface area (Å²) < 4.78 is 7.44. The normalized spacial score (nSPS) is 14.2. The van der Waals surface area contributed by atoms with Crippen molar-refractivity contribution >= 4 is 11.6 Å². The monoisotopic (exact) mass is 294 g/mol. The quantitative estimate of drug-likeness (QED) is 0.888. The second-order valence-electron chi connectivity index (χ2n) is 4.57. The fourth-order valence-corrected chi connectivity index (χ4v) is 2.45. The van der Waals surface area contributed by atoms with E-state index >= 15 is 0 Å². The van der Waals surface area contributed by atoms with Crippen molar-refractivity contribution < 1.29 is 9.84 Å². The van der Waals surface area contributed by atoms with Gasteiger partial charge in [0.1, 0.15) is 11.9 Å². The van der Waals surface area contributed by atoms with Crippen molar-refractivity contribution in [3.63, 3.8) is 0 Å². The summed E-state index contributed by atoms with van der Waals surface area (Å²) in [6.07, 6.45) is 2.77. The van der Waals surface area contributed by atoms with Crippen molar-refractivity contribution in [3.05, 3.63) is 53.1 Å².